The predicted octanol–water partition coefficient (Wildman–Crippen LogP) is 2.83. The van der Waals surface area contributed by atoms with Gasteiger partial charge in [-0.05, 0) is 38.8 Å². The van der Waals surface area contributed by atoms with Crippen LogP contribution in [0.4, 0.5) is 18.9 Å². The number of nitrogens with one attached hydrogen (secondary N) is 2. The van der Waals surface area contributed by atoms with Crippen LogP contribution in [0.15, 0.2) is 17.1 Å². The van der Waals surface area contributed by atoms with Crippen LogP contribution in [0.25, 0.3) is 0 Å². The Hall–Kier alpha value is -2.31. The SMILES string of the molecule is CCCCCN1C(C#CC2CCNCC2)CC1C(=O)Nc1cc(F)c(=O)n(CC(F)F)c1. The second kappa shape index (κ2) is 11.5. The zero-order valence-corrected chi connectivity index (χ0v) is 18.4. The molecule has 1 aromatic heterocycles. The zero-order chi connectivity index (χ0) is 23.1. The number of alkyl halides is 2. The first-order chi connectivity index (χ1) is 15.4. The van der Waals surface area contributed by atoms with Crippen molar-refractivity contribution in [2.75, 3.05) is 25.0 Å². The molecule has 3 rings (SSSR count). The van der Waals surface area contributed by atoms with E-state index in [4.69, 9.17) is 0 Å². The van der Waals surface area contributed by atoms with E-state index in [0.717, 1.165) is 64.0 Å². The number of carbonyl (C=O) groups excluding carboxylic acids is 1. The lowest BCUT2D eigenvalue weighted by Gasteiger charge is -2.45. The van der Waals surface area contributed by atoms with Gasteiger partial charge < -0.3 is 15.2 Å². The van der Waals surface area contributed by atoms with Crippen LogP contribution in [0.1, 0.15) is 45.4 Å². The number of halogens is 3. The molecule has 176 valence electrons. The molecule has 0 aromatic carbocycles. The van der Waals surface area contributed by atoms with Gasteiger partial charge in [0.25, 0.3) is 12.0 Å². The molecule has 6 nitrogen and oxygen atoms in total. The number of piperidine rings is 1. The van der Waals surface area contributed by atoms with Crippen LogP contribution in [0.3, 0.4) is 0 Å². The molecule has 32 heavy (non-hydrogen) atoms. The van der Waals surface area contributed by atoms with E-state index in [-0.39, 0.29) is 17.6 Å². The molecule has 0 radical (unpaired) electrons. The Morgan fingerprint density at radius 1 is 1.28 bits per heavy atom. The molecule has 1 amide bonds. The van der Waals surface area contributed by atoms with Gasteiger partial charge in [0.15, 0.2) is 5.82 Å². The molecule has 0 bridgehead atoms. The molecule has 2 aliphatic rings. The van der Waals surface area contributed by atoms with E-state index in [1.165, 1.54) is 0 Å². The number of nitrogens with zero attached hydrogens (tertiary/aromatic N) is 2. The quantitative estimate of drug-likeness (QED) is 0.470. The Labute approximate surface area is 186 Å². The zero-order valence-electron chi connectivity index (χ0n) is 18.4. The number of amides is 1. The standard InChI is InChI=1S/C23H31F3N4O2/c1-2-3-4-11-30-18(6-5-16-7-9-27-10-8-16)13-20(30)22(31)28-17-12-19(24)23(32)29(14-17)15-21(25)26/h12,14,16,18,20-21,27H,2-4,7-11,13,15H2,1H3,(H,28,31). The van der Waals surface area contributed by atoms with Gasteiger partial charge in [0, 0.05) is 24.7 Å². The van der Waals surface area contributed by atoms with Crippen molar-refractivity contribution in [3.05, 3.63) is 28.4 Å². The first-order valence-corrected chi connectivity index (χ1v) is 11.4. The molecule has 2 atom stereocenters. The van der Waals surface area contributed by atoms with Gasteiger partial charge in [0.05, 0.1) is 24.3 Å². The molecule has 3 heterocycles. The van der Waals surface area contributed by atoms with Crippen LogP contribution in [0.5, 0.6) is 0 Å². The fourth-order valence-electron chi connectivity index (χ4n) is 4.17. The summed E-state index contributed by atoms with van der Waals surface area (Å²) in [7, 11) is 0. The predicted molar refractivity (Wildman–Crippen MR) is 117 cm³/mol. The minimum atomic E-state index is -2.81. The third-order valence-corrected chi connectivity index (χ3v) is 6.01. The summed E-state index contributed by atoms with van der Waals surface area (Å²) in [5.74, 6) is 5.56. The van der Waals surface area contributed by atoms with Crippen molar-refractivity contribution in [3.8, 4) is 11.8 Å². The van der Waals surface area contributed by atoms with Gasteiger partial charge in [-0.25, -0.2) is 13.2 Å². The number of likely N-dealkylation sites (tertiary alicyclic amines) is 1. The van der Waals surface area contributed by atoms with Crippen LogP contribution in [-0.2, 0) is 11.3 Å². The number of rotatable bonds is 8. The molecular formula is C23H31F3N4O2. The van der Waals surface area contributed by atoms with Crippen LogP contribution in [-0.4, -0.2) is 53.5 Å². The molecule has 0 aliphatic carbocycles. The molecule has 0 spiro atoms. The highest BCUT2D eigenvalue weighted by molar-refractivity contribution is 5.95. The molecule has 1 aromatic rings. The van der Waals surface area contributed by atoms with Crippen molar-refractivity contribution < 1.29 is 18.0 Å². The summed E-state index contributed by atoms with van der Waals surface area (Å²) in [6, 6.07) is 0.455. The number of anilines is 1. The highest BCUT2D eigenvalue weighted by Gasteiger charge is 2.41. The molecular weight excluding hydrogens is 421 g/mol. The highest BCUT2D eigenvalue weighted by atomic mass is 19.3. The van der Waals surface area contributed by atoms with Gasteiger partial charge in [0.1, 0.15) is 0 Å². The summed E-state index contributed by atoms with van der Waals surface area (Å²) >= 11 is 0. The Morgan fingerprint density at radius 3 is 2.72 bits per heavy atom. The minimum Gasteiger partial charge on any atom is -0.323 e. The van der Waals surface area contributed by atoms with Crippen molar-refractivity contribution in [1.82, 2.24) is 14.8 Å². The number of hydrogen-bond acceptors (Lipinski definition) is 4. The van der Waals surface area contributed by atoms with Gasteiger partial charge in [-0.15, -0.1) is 0 Å². The molecule has 9 heteroatoms. The largest absolute Gasteiger partial charge is 0.323 e. The maximum absolute atomic E-state index is 13.9. The van der Waals surface area contributed by atoms with E-state index in [1.807, 2.05) is 0 Å². The summed E-state index contributed by atoms with van der Waals surface area (Å²) in [6.45, 7) is 3.85. The van der Waals surface area contributed by atoms with Crippen LogP contribution in [0.2, 0.25) is 0 Å². The van der Waals surface area contributed by atoms with E-state index in [9.17, 15) is 22.8 Å². The number of aromatic nitrogens is 1. The van der Waals surface area contributed by atoms with E-state index < -0.39 is 30.4 Å². The molecule has 2 aliphatic heterocycles. The van der Waals surface area contributed by atoms with Crippen molar-refractivity contribution in [1.29, 1.82) is 0 Å². The second-order valence-electron chi connectivity index (χ2n) is 8.44. The first-order valence-electron chi connectivity index (χ1n) is 11.4. The molecule has 2 unspecified atom stereocenters. The third kappa shape index (κ3) is 6.36. The normalized spacial score (nSPS) is 21.7. The number of hydrogen-bond donors (Lipinski definition) is 2. The van der Waals surface area contributed by atoms with E-state index >= 15 is 0 Å². The van der Waals surface area contributed by atoms with Gasteiger partial charge >= 0.3 is 0 Å². The smallest absolute Gasteiger partial charge is 0.286 e. The van der Waals surface area contributed by atoms with Gasteiger partial charge in [0.2, 0.25) is 5.91 Å². The molecule has 2 fully saturated rings. The lowest BCUT2D eigenvalue weighted by atomic mass is 9.90. The maximum atomic E-state index is 13.9. The lowest BCUT2D eigenvalue weighted by Crippen LogP contribution is -2.60. The second-order valence-corrected chi connectivity index (χ2v) is 8.44. The fraction of sp³-hybridized carbons (Fsp3) is 0.652. The number of unbranched alkanes of at least 4 members (excludes halogenated alkanes) is 2. The number of pyridine rings is 1. The van der Waals surface area contributed by atoms with Crippen molar-refractivity contribution in [3.63, 3.8) is 0 Å². The van der Waals surface area contributed by atoms with E-state index in [1.54, 1.807) is 0 Å². The summed E-state index contributed by atoms with van der Waals surface area (Å²) in [4.78, 5) is 26.6. The van der Waals surface area contributed by atoms with E-state index in [2.05, 4.69) is 34.3 Å². The van der Waals surface area contributed by atoms with Crippen molar-refractivity contribution >= 4 is 11.6 Å². The van der Waals surface area contributed by atoms with Crippen LogP contribution >= 0.6 is 0 Å². The van der Waals surface area contributed by atoms with E-state index in [0.29, 0.717) is 16.9 Å². The Balaban J connectivity index is 1.67. The monoisotopic (exact) mass is 452 g/mol. The van der Waals surface area contributed by atoms with Crippen molar-refractivity contribution in [2.24, 2.45) is 5.92 Å². The Kier molecular flexibility index (Phi) is 8.76. The third-order valence-electron chi connectivity index (χ3n) is 6.01. The van der Waals surface area contributed by atoms with Gasteiger partial charge in [-0.3, -0.25) is 14.5 Å². The first kappa shape index (κ1) is 24.3. The molecule has 2 saturated heterocycles. The maximum Gasteiger partial charge on any atom is 0.286 e. The average Bonchev–Trinajstić information content (AvgIpc) is 2.74. The summed E-state index contributed by atoms with van der Waals surface area (Å²) in [6.07, 6.45) is 3.92. The highest BCUT2D eigenvalue weighted by Crippen LogP contribution is 2.28. The van der Waals surface area contributed by atoms with Gasteiger partial charge in [-0.2, -0.15) is 0 Å². The minimum absolute atomic E-state index is 0.00187. The lowest BCUT2D eigenvalue weighted by molar-refractivity contribution is -0.127. The summed E-state index contributed by atoms with van der Waals surface area (Å²) in [5.41, 5.74) is -1.15. The molecule has 2 N–H and O–H groups in total. The summed E-state index contributed by atoms with van der Waals surface area (Å²) < 4.78 is 39.8. The van der Waals surface area contributed by atoms with Crippen LogP contribution in [0, 0.1) is 23.6 Å². The fourth-order valence-corrected chi connectivity index (χ4v) is 4.17. The average molecular weight is 453 g/mol. The van der Waals surface area contributed by atoms with Crippen molar-refractivity contribution in [2.45, 2.75) is 70.5 Å². The Morgan fingerprint density at radius 2 is 2.03 bits per heavy atom. The molecule has 0 saturated carbocycles. The Bertz CT molecular complexity index is 903. The topological polar surface area (TPSA) is 66.4 Å². The summed E-state index contributed by atoms with van der Waals surface area (Å²) in [5, 5.41) is 5.91. The number of carbonyl (C=O) groups is 1. The van der Waals surface area contributed by atoms with Crippen LogP contribution < -0.4 is 16.2 Å². The van der Waals surface area contributed by atoms with Gasteiger partial charge in [-0.1, -0.05) is 31.6 Å².